The van der Waals surface area contributed by atoms with E-state index in [0.29, 0.717) is 32.1 Å². The van der Waals surface area contributed by atoms with Crippen LogP contribution in [-0.4, -0.2) is 46.9 Å². The van der Waals surface area contributed by atoms with Crippen molar-refractivity contribution in [3.8, 4) is 5.75 Å². The van der Waals surface area contributed by atoms with E-state index in [-0.39, 0.29) is 54.9 Å². The third-order valence-corrected chi connectivity index (χ3v) is 6.03. The zero-order valence-electron chi connectivity index (χ0n) is 20.2. The molecular weight excluding hydrogens is 465 g/mol. The molecule has 0 spiro atoms. The first-order chi connectivity index (χ1) is 16.5. The molecule has 0 saturated heterocycles. The summed E-state index contributed by atoms with van der Waals surface area (Å²) in [4.78, 5) is 23.8. The minimum absolute atomic E-state index is 0.0371. The Kier molecular flexibility index (Phi) is 11.2. The van der Waals surface area contributed by atoms with E-state index in [1.165, 1.54) is 12.1 Å². The Hall–Kier alpha value is -2.39. The monoisotopic (exact) mass is 500 g/mol. The first kappa shape index (κ1) is 28.8. The SMILES string of the molecule is CC(C)OC(=O)CCC/C=C/C[C@@H]1[C@@H](CCC(=O)COc2cccc(C(F)(F)F)c2)[C@H](O)C[C@@H]1O. The lowest BCUT2D eigenvalue weighted by Gasteiger charge is -2.22. The number of unbranched alkanes of at least 4 members (excludes halogenated alkanes) is 1. The molecule has 0 unspecified atom stereocenters. The molecule has 0 aliphatic heterocycles. The van der Waals surface area contributed by atoms with Crippen LogP contribution in [-0.2, 0) is 20.5 Å². The van der Waals surface area contributed by atoms with E-state index >= 15 is 0 Å². The van der Waals surface area contributed by atoms with E-state index in [2.05, 4.69) is 0 Å². The highest BCUT2D eigenvalue weighted by Crippen LogP contribution is 2.38. The molecule has 0 bridgehead atoms. The summed E-state index contributed by atoms with van der Waals surface area (Å²) in [6, 6.07) is 4.35. The first-order valence-corrected chi connectivity index (χ1v) is 12.0. The Morgan fingerprint density at radius 2 is 1.83 bits per heavy atom. The van der Waals surface area contributed by atoms with Gasteiger partial charge in [-0.2, -0.15) is 13.2 Å². The van der Waals surface area contributed by atoms with Crippen molar-refractivity contribution in [2.24, 2.45) is 11.8 Å². The second kappa shape index (κ2) is 13.6. The first-order valence-electron chi connectivity index (χ1n) is 12.0. The quantitative estimate of drug-likeness (QED) is 0.228. The van der Waals surface area contributed by atoms with Crippen molar-refractivity contribution in [1.82, 2.24) is 0 Å². The molecule has 196 valence electrons. The topological polar surface area (TPSA) is 93.1 Å². The van der Waals surface area contributed by atoms with Gasteiger partial charge >= 0.3 is 12.1 Å². The average Bonchev–Trinajstić information content (AvgIpc) is 3.04. The Balaban J connectivity index is 1.76. The molecule has 1 fully saturated rings. The number of ketones is 1. The number of allylic oxidation sites excluding steroid dienone is 2. The standard InChI is InChI=1S/C26H35F3O6/c1-17(2)35-25(33)11-6-4-3-5-10-21-22(24(32)15-23(21)31)13-12-19(30)16-34-20-9-7-8-18(14-20)26(27,28)29/h3,5,7-9,14,17,21-24,31-32H,4,6,10-13,15-16H2,1-2H3/b5-3+/t21-,22-,23+,24-/m1/s1. The number of ether oxygens (including phenoxy) is 2. The third kappa shape index (κ3) is 10.0. The van der Waals surface area contributed by atoms with Crippen molar-refractivity contribution in [2.45, 2.75) is 83.3 Å². The highest BCUT2D eigenvalue weighted by atomic mass is 19.4. The largest absolute Gasteiger partial charge is 0.486 e. The lowest BCUT2D eigenvalue weighted by Crippen LogP contribution is -2.23. The predicted molar refractivity (Wildman–Crippen MR) is 124 cm³/mol. The molecule has 2 rings (SSSR count). The summed E-state index contributed by atoms with van der Waals surface area (Å²) in [5.41, 5.74) is -0.850. The van der Waals surface area contributed by atoms with E-state index in [1.54, 1.807) is 13.8 Å². The number of alkyl halides is 3. The van der Waals surface area contributed by atoms with Crippen LogP contribution in [0.4, 0.5) is 13.2 Å². The zero-order chi connectivity index (χ0) is 26.0. The average molecular weight is 501 g/mol. The summed E-state index contributed by atoms with van der Waals surface area (Å²) in [6.45, 7) is 3.23. The molecule has 1 aromatic rings. The molecule has 1 aromatic carbocycles. The fourth-order valence-electron chi connectivity index (χ4n) is 4.29. The molecule has 0 aromatic heterocycles. The van der Waals surface area contributed by atoms with Gasteiger partial charge in [-0.1, -0.05) is 18.2 Å². The fraction of sp³-hybridized carbons (Fsp3) is 0.615. The second-order valence-corrected chi connectivity index (χ2v) is 9.23. The zero-order valence-corrected chi connectivity index (χ0v) is 20.2. The Bertz CT molecular complexity index is 852. The maximum atomic E-state index is 12.8. The number of carbonyl (C=O) groups is 2. The lowest BCUT2D eigenvalue weighted by atomic mass is 9.86. The van der Waals surface area contributed by atoms with Gasteiger partial charge < -0.3 is 19.7 Å². The predicted octanol–water partition coefficient (Wildman–Crippen LogP) is 4.86. The van der Waals surface area contributed by atoms with Crippen LogP contribution >= 0.6 is 0 Å². The van der Waals surface area contributed by atoms with Crippen LogP contribution in [0.3, 0.4) is 0 Å². The highest BCUT2D eigenvalue weighted by Gasteiger charge is 2.40. The third-order valence-electron chi connectivity index (χ3n) is 6.03. The fourth-order valence-corrected chi connectivity index (χ4v) is 4.29. The van der Waals surface area contributed by atoms with Crippen LogP contribution in [0, 0.1) is 11.8 Å². The highest BCUT2D eigenvalue weighted by molar-refractivity contribution is 5.79. The Morgan fingerprint density at radius 1 is 1.11 bits per heavy atom. The smallest absolute Gasteiger partial charge is 0.416 e. The number of aliphatic hydroxyl groups is 2. The summed E-state index contributed by atoms with van der Waals surface area (Å²) in [5, 5.41) is 20.7. The number of hydrogen-bond acceptors (Lipinski definition) is 6. The van der Waals surface area contributed by atoms with Crippen LogP contribution in [0.25, 0.3) is 0 Å². The van der Waals surface area contributed by atoms with Gasteiger partial charge in [-0.3, -0.25) is 9.59 Å². The number of halogens is 3. The molecule has 9 heteroatoms. The minimum atomic E-state index is -4.49. The molecular formula is C26H35F3O6. The van der Waals surface area contributed by atoms with Gasteiger partial charge in [-0.05, 0) is 76.0 Å². The number of Topliss-reactive ketones (excluding diaryl/α,β-unsaturated/α-hetero) is 1. The number of hydrogen-bond donors (Lipinski definition) is 2. The van der Waals surface area contributed by atoms with Crippen LogP contribution in [0.5, 0.6) is 5.75 Å². The normalized spacial score (nSPS) is 22.6. The number of aliphatic hydroxyl groups excluding tert-OH is 2. The van der Waals surface area contributed by atoms with E-state index in [9.17, 15) is 33.0 Å². The van der Waals surface area contributed by atoms with Crippen molar-refractivity contribution in [2.75, 3.05) is 6.61 Å². The second-order valence-electron chi connectivity index (χ2n) is 9.23. The van der Waals surface area contributed by atoms with Crippen molar-refractivity contribution >= 4 is 11.8 Å². The van der Waals surface area contributed by atoms with Crippen LogP contribution in [0.2, 0.25) is 0 Å². The maximum absolute atomic E-state index is 12.8. The van der Waals surface area contributed by atoms with E-state index in [0.717, 1.165) is 12.1 Å². The molecule has 35 heavy (non-hydrogen) atoms. The lowest BCUT2D eigenvalue weighted by molar-refractivity contribution is -0.147. The molecule has 0 amide bonds. The van der Waals surface area contributed by atoms with Crippen molar-refractivity contribution < 1.29 is 42.4 Å². The van der Waals surface area contributed by atoms with Gasteiger partial charge in [-0.15, -0.1) is 0 Å². The van der Waals surface area contributed by atoms with Gasteiger partial charge in [0.1, 0.15) is 12.4 Å². The van der Waals surface area contributed by atoms with Gasteiger partial charge in [0, 0.05) is 12.8 Å². The molecule has 1 saturated carbocycles. The number of carbonyl (C=O) groups excluding carboxylic acids is 2. The number of rotatable bonds is 13. The van der Waals surface area contributed by atoms with Crippen LogP contribution in [0.15, 0.2) is 36.4 Å². The van der Waals surface area contributed by atoms with E-state index in [1.807, 2.05) is 12.2 Å². The molecule has 1 aliphatic carbocycles. The van der Waals surface area contributed by atoms with Crippen LogP contribution in [0.1, 0.15) is 64.4 Å². The molecule has 4 atom stereocenters. The van der Waals surface area contributed by atoms with Crippen LogP contribution < -0.4 is 4.74 Å². The minimum Gasteiger partial charge on any atom is -0.486 e. The van der Waals surface area contributed by atoms with E-state index < -0.39 is 23.9 Å². The van der Waals surface area contributed by atoms with E-state index in [4.69, 9.17) is 9.47 Å². The van der Waals surface area contributed by atoms with Crippen molar-refractivity contribution in [3.63, 3.8) is 0 Å². The van der Waals surface area contributed by atoms with Gasteiger partial charge in [0.2, 0.25) is 0 Å². The Labute approximate surface area is 204 Å². The number of benzene rings is 1. The van der Waals surface area contributed by atoms with Crippen molar-refractivity contribution in [1.29, 1.82) is 0 Å². The molecule has 0 radical (unpaired) electrons. The van der Waals surface area contributed by atoms with Gasteiger partial charge in [0.05, 0.1) is 23.9 Å². The van der Waals surface area contributed by atoms with Gasteiger partial charge in [0.15, 0.2) is 5.78 Å². The molecule has 2 N–H and O–H groups in total. The summed E-state index contributed by atoms with van der Waals surface area (Å²) < 4.78 is 48.7. The summed E-state index contributed by atoms with van der Waals surface area (Å²) in [5.74, 6) is -1.04. The summed E-state index contributed by atoms with van der Waals surface area (Å²) >= 11 is 0. The number of esters is 1. The molecule has 0 heterocycles. The maximum Gasteiger partial charge on any atom is 0.416 e. The Morgan fingerprint density at radius 3 is 2.51 bits per heavy atom. The van der Waals surface area contributed by atoms with Gasteiger partial charge in [0.25, 0.3) is 0 Å². The molecule has 6 nitrogen and oxygen atoms in total. The summed E-state index contributed by atoms with van der Waals surface area (Å²) in [6.07, 6.45) is 0.702. The van der Waals surface area contributed by atoms with Crippen molar-refractivity contribution in [3.05, 3.63) is 42.0 Å². The van der Waals surface area contributed by atoms with Gasteiger partial charge in [-0.25, -0.2) is 0 Å². The molecule has 1 aliphatic rings. The summed E-state index contributed by atoms with van der Waals surface area (Å²) in [7, 11) is 0.